The van der Waals surface area contributed by atoms with Gasteiger partial charge in [-0.25, -0.2) is 4.99 Å². The summed E-state index contributed by atoms with van der Waals surface area (Å²) in [4.78, 5) is 25.0. The number of hydrogen-bond acceptors (Lipinski definition) is 4. The van der Waals surface area contributed by atoms with Crippen molar-refractivity contribution in [3.63, 3.8) is 0 Å². The molecule has 0 atom stereocenters. The van der Waals surface area contributed by atoms with Crippen LogP contribution in [0.1, 0.15) is 161 Å². The van der Waals surface area contributed by atoms with Crippen molar-refractivity contribution in [1.82, 2.24) is 0 Å². The first-order valence-electron chi connectivity index (χ1n) is 19.9. The molecule has 0 aromatic heterocycles. The zero-order valence-corrected chi connectivity index (χ0v) is 30.5. The van der Waals surface area contributed by atoms with Crippen molar-refractivity contribution in [3.05, 3.63) is 46.9 Å². The van der Waals surface area contributed by atoms with E-state index in [9.17, 15) is 9.90 Å². The molecule has 264 valence electrons. The molecule has 1 N–H and O–H groups in total. The van der Waals surface area contributed by atoms with Gasteiger partial charge in [0.1, 0.15) is 17.7 Å². The standard InChI is InChI=1S/C42H64N4O2/c1-3-5-7-9-11-13-15-17-19-21-31-46(32-22-20-18-16-14-12-10-8-6-4-2)38-34-43-37(33-44-38)40-41(47)39(42(40)48)35-25-27-36(28-26-35)45-29-23-24-30-45/h25-28,33-34H,3-24,29-32H2,1-2H3/p+1. The third kappa shape index (κ3) is 11.8. The van der Waals surface area contributed by atoms with Gasteiger partial charge in [-0.3, -0.25) is 9.37 Å². The van der Waals surface area contributed by atoms with Crippen LogP contribution in [-0.4, -0.2) is 59.9 Å². The van der Waals surface area contributed by atoms with Gasteiger partial charge >= 0.3 is 5.84 Å². The number of aliphatic hydroxyl groups is 1. The SMILES string of the molecule is CCCCCCCCCCCC[N+](CCCCCCCCCCCC)=C1C=N/C(=C2\C(=O)C(c3ccc(N4CCCC4)cc3)=C2O)C=N1. The Morgan fingerprint density at radius 3 is 1.54 bits per heavy atom. The van der Waals surface area contributed by atoms with Crippen LogP contribution in [0, 0.1) is 0 Å². The van der Waals surface area contributed by atoms with Crippen molar-refractivity contribution in [3.8, 4) is 0 Å². The average molecular weight is 658 g/mol. The summed E-state index contributed by atoms with van der Waals surface area (Å²) < 4.78 is 2.39. The number of rotatable bonds is 24. The number of amidine groups is 1. The highest BCUT2D eigenvalue weighted by Crippen LogP contribution is 2.38. The van der Waals surface area contributed by atoms with Gasteiger partial charge in [0.2, 0.25) is 5.78 Å². The zero-order chi connectivity index (χ0) is 33.8. The summed E-state index contributed by atoms with van der Waals surface area (Å²) in [6.07, 6.45) is 32.5. The normalized spacial score (nSPS) is 17.6. The first-order chi connectivity index (χ1) is 23.6. The number of allylic oxidation sites excluding steroid dienone is 3. The third-order valence-corrected chi connectivity index (χ3v) is 10.3. The average Bonchev–Trinajstić information content (AvgIpc) is 3.65. The van der Waals surface area contributed by atoms with Crippen molar-refractivity contribution >= 4 is 35.3 Å². The van der Waals surface area contributed by atoms with Crippen molar-refractivity contribution < 1.29 is 14.5 Å². The molecular weight excluding hydrogens is 592 g/mol. The molecule has 2 heterocycles. The lowest BCUT2D eigenvalue weighted by Crippen LogP contribution is -2.27. The van der Waals surface area contributed by atoms with Gasteiger partial charge in [0, 0.05) is 18.8 Å². The Labute approximate surface area is 292 Å². The van der Waals surface area contributed by atoms with Crippen molar-refractivity contribution in [2.45, 2.75) is 155 Å². The summed E-state index contributed by atoms with van der Waals surface area (Å²) in [5, 5.41) is 11.0. The predicted octanol–water partition coefficient (Wildman–Crippen LogP) is 10.8. The zero-order valence-electron chi connectivity index (χ0n) is 30.5. The number of nitrogens with zero attached hydrogens (tertiary/aromatic N) is 4. The van der Waals surface area contributed by atoms with E-state index in [4.69, 9.17) is 4.99 Å². The highest BCUT2D eigenvalue weighted by molar-refractivity contribution is 6.41. The van der Waals surface area contributed by atoms with E-state index in [1.165, 1.54) is 134 Å². The van der Waals surface area contributed by atoms with Crippen LogP contribution in [0.3, 0.4) is 0 Å². The van der Waals surface area contributed by atoms with E-state index in [1.54, 1.807) is 12.4 Å². The second kappa shape index (κ2) is 21.8. The van der Waals surface area contributed by atoms with Gasteiger partial charge in [-0.15, -0.1) is 0 Å². The molecule has 4 rings (SSSR count). The highest BCUT2D eigenvalue weighted by atomic mass is 16.3. The molecule has 1 saturated heterocycles. The molecule has 2 aliphatic heterocycles. The molecule has 0 spiro atoms. The van der Waals surface area contributed by atoms with E-state index in [0.717, 1.165) is 50.4 Å². The number of carbonyl (C=O) groups is 1. The minimum atomic E-state index is -0.156. The largest absolute Gasteiger partial charge is 0.506 e. The maximum Gasteiger partial charge on any atom is 0.336 e. The van der Waals surface area contributed by atoms with Gasteiger partial charge in [-0.2, -0.15) is 0 Å². The van der Waals surface area contributed by atoms with Gasteiger partial charge < -0.3 is 10.0 Å². The highest BCUT2D eigenvalue weighted by Gasteiger charge is 2.38. The molecule has 0 amide bonds. The number of hydrogen-bond donors (Lipinski definition) is 1. The molecule has 1 aromatic rings. The summed E-state index contributed by atoms with van der Waals surface area (Å²) >= 11 is 0. The number of unbranched alkanes of at least 4 members (excludes halogenated alkanes) is 18. The molecule has 1 aromatic carbocycles. The number of carbonyl (C=O) groups excluding carboxylic acids is 1. The third-order valence-electron chi connectivity index (χ3n) is 10.3. The predicted molar refractivity (Wildman–Crippen MR) is 205 cm³/mol. The fourth-order valence-electron chi connectivity index (χ4n) is 7.26. The molecule has 0 radical (unpaired) electrons. The summed E-state index contributed by atoms with van der Waals surface area (Å²) in [6.45, 7) is 8.69. The second-order valence-corrected chi connectivity index (χ2v) is 14.3. The van der Waals surface area contributed by atoms with Crippen LogP contribution in [0.15, 0.2) is 51.3 Å². The van der Waals surface area contributed by atoms with Gasteiger partial charge in [-0.05, 0) is 61.2 Å². The number of aliphatic hydroxyl groups excluding tert-OH is 1. The second-order valence-electron chi connectivity index (χ2n) is 14.3. The van der Waals surface area contributed by atoms with Crippen molar-refractivity contribution in [1.29, 1.82) is 0 Å². The number of benzene rings is 1. The van der Waals surface area contributed by atoms with E-state index >= 15 is 0 Å². The van der Waals surface area contributed by atoms with Gasteiger partial charge in [0.15, 0.2) is 6.21 Å². The van der Waals surface area contributed by atoms with Crippen LogP contribution in [0.5, 0.6) is 0 Å². The van der Waals surface area contributed by atoms with E-state index in [1.807, 2.05) is 12.1 Å². The molecule has 48 heavy (non-hydrogen) atoms. The van der Waals surface area contributed by atoms with Crippen LogP contribution >= 0.6 is 0 Å². The summed E-state index contributed by atoms with van der Waals surface area (Å²) in [7, 11) is 0. The fourth-order valence-corrected chi connectivity index (χ4v) is 7.26. The van der Waals surface area contributed by atoms with Crippen molar-refractivity contribution in [2.24, 2.45) is 9.98 Å². The minimum absolute atomic E-state index is 0.0311. The van der Waals surface area contributed by atoms with Crippen LogP contribution in [-0.2, 0) is 4.79 Å². The van der Waals surface area contributed by atoms with Gasteiger partial charge in [0.25, 0.3) is 0 Å². The van der Waals surface area contributed by atoms with Crippen LogP contribution in [0.25, 0.3) is 5.57 Å². The molecule has 3 aliphatic rings. The van der Waals surface area contributed by atoms with E-state index in [2.05, 4.69) is 40.4 Å². The molecule has 0 saturated carbocycles. The van der Waals surface area contributed by atoms with E-state index in [0.29, 0.717) is 11.3 Å². The van der Waals surface area contributed by atoms with Gasteiger partial charge in [0.05, 0.1) is 24.2 Å². The van der Waals surface area contributed by atoms with Gasteiger partial charge in [-0.1, -0.05) is 129 Å². The lowest BCUT2D eigenvalue weighted by molar-refractivity contribution is -0.528. The Morgan fingerprint density at radius 1 is 0.625 bits per heavy atom. The maximum atomic E-state index is 13.2. The molecule has 6 heteroatoms. The topological polar surface area (TPSA) is 68.3 Å². The smallest absolute Gasteiger partial charge is 0.336 e. The first kappa shape index (κ1) is 37.8. The van der Waals surface area contributed by atoms with Crippen LogP contribution in [0.2, 0.25) is 0 Å². The Bertz CT molecular complexity index is 1240. The Morgan fingerprint density at radius 2 is 1.10 bits per heavy atom. The lowest BCUT2D eigenvalue weighted by atomic mass is 9.82. The lowest BCUT2D eigenvalue weighted by Gasteiger charge is -2.23. The number of Topliss-reactive ketones (excluding diaryl/α,β-unsaturated/α-hetero) is 1. The molecular formula is C42H65N4O2+. The van der Waals surface area contributed by atoms with Crippen LogP contribution in [0.4, 0.5) is 5.69 Å². The molecule has 0 bridgehead atoms. The monoisotopic (exact) mass is 658 g/mol. The van der Waals surface area contributed by atoms with E-state index in [-0.39, 0.29) is 17.1 Å². The first-order valence-corrected chi connectivity index (χ1v) is 19.9. The maximum absolute atomic E-state index is 13.2. The molecule has 1 aliphatic carbocycles. The van der Waals surface area contributed by atoms with E-state index < -0.39 is 0 Å². The number of ketones is 1. The number of aliphatic imine (C=N–C) groups is 2. The Balaban J connectivity index is 1.31. The fraction of sp³-hybridized carbons (Fsp3) is 0.667. The molecule has 6 nitrogen and oxygen atoms in total. The summed E-state index contributed by atoms with van der Waals surface area (Å²) in [5.41, 5.74) is 3.05. The summed E-state index contributed by atoms with van der Waals surface area (Å²) in [6, 6.07) is 8.00. The molecule has 0 unspecified atom stereocenters. The summed E-state index contributed by atoms with van der Waals surface area (Å²) in [5.74, 6) is 0.749. The molecule has 1 fully saturated rings. The van der Waals surface area contributed by atoms with Crippen molar-refractivity contribution in [2.75, 3.05) is 31.1 Å². The Kier molecular flexibility index (Phi) is 17.2. The number of anilines is 1. The quantitative estimate of drug-likeness (QED) is 0.0683. The minimum Gasteiger partial charge on any atom is -0.506 e. The Hall–Kier alpha value is -3.02. The van der Waals surface area contributed by atoms with Crippen LogP contribution < -0.4 is 4.90 Å².